The third kappa shape index (κ3) is 3.01. The molecule has 0 radical (unpaired) electrons. The first kappa shape index (κ1) is 13.9. The van der Waals surface area contributed by atoms with Gasteiger partial charge >= 0.3 is 0 Å². The van der Waals surface area contributed by atoms with Gasteiger partial charge in [-0.2, -0.15) is 0 Å². The minimum Gasteiger partial charge on any atom is -0.373 e. The van der Waals surface area contributed by atoms with Gasteiger partial charge in [-0.15, -0.1) is 0 Å². The molecule has 3 nitrogen and oxygen atoms in total. The molecular weight excluding hydrogens is 272 g/mol. The average Bonchev–Trinajstić information content (AvgIpc) is 2.45. The number of rotatable bonds is 3. The highest BCUT2D eigenvalue weighted by molar-refractivity contribution is 5.47. The van der Waals surface area contributed by atoms with Gasteiger partial charge in [0.1, 0.15) is 23.3 Å². The third-order valence-electron chi connectivity index (χ3n) is 3.75. The van der Waals surface area contributed by atoms with E-state index in [1.165, 1.54) is 17.7 Å². The highest BCUT2D eigenvalue weighted by Crippen LogP contribution is 2.25. The van der Waals surface area contributed by atoms with Gasteiger partial charge in [0.2, 0.25) is 0 Å². The largest absolute Gasteiger partial charge is 0.373 e. The minimum absolute atomic E-state index is 0.330. The Hall–Kier alpha value is -2.04. The van der Waals surface area contributed by atoms with Crippen LogP contribution < -0.4 is 5.32 Å². The van der Waals surface area contributed by atoms with Crippen molar-refractivity contribution in [1.29, 1.82) is 0 Å². The fourth-order valence-corrected chi connectivity index (χ4v) is 2.83. The molecule has 1 aromatic carbocycles. The molecule has 0 aliphatic heterocycles. The zero-order valence-electron chi connectivity index (χ0n) is 11.9. The molecule has 0 spiro atoms. The maximum atomic E-state index is 13.3. The first-order valence-electron chi connectivity index (χ1n) is 7.17. The molecule has 21 heavy (non-hydrogen) atoms. The van der Waals surface area contributed by atoms with Crippen molar-refractivity contribution < 1.29 is 8.78 Å². The van der Waals surface area contributed by atoms with E-state index >= 15 is 0 Å². The van der Waals surface area contributed by atoms with Crippen LogP contribution in [0.3, 0.4) is 0 Å². The van der Waals surface area contributed by atoms with Crippen LogP contribution in [0.1, 0.15) is 35.5 Å². The van der Waals surface area contributed by atoms with Gasteiger partial charge in [0.15, 0.2) is 0 Å². The number of aryl methyl sites for hydroxylation is 1. The van der Waals surface area contributed by atoms with Crippen LogP contribution in [-0.2, 0) is 19.3 Å². The molecule has 110 valence electrons. The molecule has 1 aromatic heterocycles. The van der Waals surface area contributed by atoms with Crippen molar-refractivity contribution in [3.05, 3.63) is 52.5 Å². The molecule has 0 bridgehead atoms. The standard InChI is InChI=1S/C16H17F2N3/c1-19-16-13-4-2-3-5-14(13)20-15(21-16)8-10-6-11(17)9-12(18)7-10/h6-7,9H,2-5,8H2,1H3,(H,19,20,21). The Kier molecular flexibility index (Phi) is 3.82. The van der Waals surface area contributed by atoms with Crippen LogP contribution in [-0.4, -0.2) is 17.0 Å². The first-order chi connectivity index (χ1) is 10.2. The van der Waals surface area contributed by atoms with E-state index in [1.54, 1.807) is 0 Å². The quantitative estimate of drug-likeness (QED) is 0.942. The zero-order chi connectivity index (χ0) is 14.8. The van der Waals surface area contributed by atoms with Crippen molar-refractivity contribution in [2.45, 2.75) is 32.1 Å². The van der Waals surface area contributed by atoms with Gasteiger partial charge in [-0.25, -0.2) is 18.7 Å². The number of anilines is 1. The Balaban J connectivity index is 1.95. The number of nitrogens with one attached hydrogen (secondary N) is 1. The van der Waals surface area contributed by atoms with Crippen LogP contribution >= 0.6 is 0 Å². The Labute approximate surface area is 122 Å². The molecule has 0 atom stereocenters. The van der Waals surface area contributed by atoms with Crippen LogP contribution in [0.2, 0.25) is 0 Å². The molecule has 3 rings (SSSR count). The fraction of sp³-hybridized carbons (Fsp3) is 0.375. The van der Waals surface area contributed by atoms with E-state index in [-0.39, 0.29) is 0 Å². The van der Waals surface area contributed by atoms with Gasteiger partial charge in [0.05, 0.1) is 0 Å². The SMILES string of the molecule is CNc1nc(Cc2cc(F)cc(F)c2)nc2c1CCCC2. The molecule has 0 unspecified atom stereocenters. The molecule has 5 heteroatoms. The predicted octanol–water partition coefficient (Wildman–Crippen LogP) is 3.27. The second kappa shape index (κ2) is 5.76. The maximum Gasteiger partial charge on any atom is 0.135 e. The topological polar surface area (TPSA) is 37.8 Å². The first-order valence-corrected chi connectivity index (χ1v) is 7.17. The van der Waals surface area contributed by atoms with E-state index in [2.05, 4.69) is 15.3 Å². The van der Waals surface area contributed by atoms with Crippen molar-refractivity contribution in [2.75, 3.05) is 12.4 Å². The number of benzene rings is 1. The molecule has 0 amide bonds. The summed E-state index contributed by atoms with van der Waals surface area (Å²) in [7, 11) is 1.84. The van der Waals surface area contributed by atoms with Crippen molar-refractivity contribution in [3.8, 4) is 0 Å². The van der Waals surface area contributed by atoms with Crippen LogP contribution in [0.25, 0.3) is 0 Å². The number of fused-ring (bicyclic) bond motifs is 1. The highest BCUT2D eigenvalue weighted by atomic mass is 19.1. The third-order valence-corrected chi connectivity index (χ3v) is 3.75. The number of hydrogen-bond acceptors (Lipinski definition) is 3. The molecule has 1 aliphatic rings. The Morgan fingerprint density at radius 1 is 1.05 bits per heavy atom. The minimum atomic E-state index is -0.572. The number of halogens is 2. The molecule has 0 fully saturated rings. The van der Waals surface area contributed by atoms with Gasteiger partial charge in [0.25, 0.3) is 0 Å². The van der Waals surface area contributed by atoms with Crippen LogP contribution in [0, 0.1) is 11.6 Å². The molecule has 1 heterocycles. The predicted molar refractivity (Wildman–Crippen MR) is 77.4 cm³/mol. The molecule has 1 N–H and O–H groups in total. The van der Waals surface area contributed by atoms with Crippen molar-refractivity contribution in [1.82, 2.24) is 9.97 Å². The lowest BCUT2D eigenvalue weighted by molar-refractivity contribution is 0.580. The smallest absolute Gasteiger partial charge is 0.135 e. The summed E-state index contributed by atoms with van der Waals surface area (Å²) in [6.07, 6.45) is 4.54. The van der Waals surface area contributed by atoms with Gasteiger partial charge < -0.3 is 5.32 Å². The Morgan fingerprint density at radius 3 is 2.48 bits per heavy atom. The van der Waals surface area contributed by atoms with Crippen LogP contribution in [0.5, 0.6) is 0 Å². The average molecular weight is 289 g/mol. The summed E-state index contributed by atoms with van der Waals surface area (Å²) in [6.45, 7) is 0. The summed E-state index contributed by atoms with van der Waals surface area (Å²) in [5.41, 5.74) is 2.79. The molecule has 0 saturated heterocycles. The van der Waals surface area contributed by atoms with Crippen molar-refractivity contribution in [2.24, 2.45) is 0 Å². The summed E-state index contributed by atoms with van der Waals surface area (Å²) in [5, 5.41) is 3.10. The molecular formula is C16H17F2N3. The molecule has 2 aromatic rings. The van der Waals surface area contributed by atoms with Gasteiger partial charge in [-0.05, 0) is 43.4 Å². The van der Waals surface area contributed by atoms with E-state index in [0.29, 0.717) is 17.8 Å². The summed E-state index contributed by atoms with van der Waals surface area (Å²) in [4.78, 5) is 9.07. The number of hydrogen-bond donors (Lipinski definition) is 1. The number of nitrogens with zero attached hydrogens (tertiary/aromatic N) is 2. The van der Waals surface area contributed by atoms with Gasteiger partial charge in [0, 0.05) is 30.8 Å². The van der Waals surface area contributed by atoms with Crippen LogP contribution in [0.15, 0.2) is 18.2 Å². The van der Waals surface area contributed by atoms with E-state index in [0.717, 1.165) is 43.3 Å². The summed E-state index contributed by atoms with van der Waals surface area (Å²) in [6, 6.07) is 3.52. The lowest BCUT2D eigenvalue weighted by Crippen LogP contribution is -2.13. The Bertz CT molecular complexity index is 633. The molecule has 0 saturated carbocycles. The summed E-state index contributed by atoms with van der Waals surface area (Å²) < 4.78 is 26.5. The maximum absolute atomic E-state index is 13.3. The number of aromatic nitrogens is 2. The normalized spacial score (nSPS) is 13.9. The monoisotopic (exact) mass is 289 g/mol. The second-order valence-corrected chi connectivity index (χ2v) is 5.33. The zero-order valence-corrected chi connectivity index (χ0v) is 11.9. The van der Waals surface area contributed by atoms with Crippen molar-refractivity contribution >= 4 is 5.82 Å². The highest BCUT2D eigenvalue weighted by Gasteiger charge is 2.17. The van der Waals surface area contributed by atoms with Crippen molar-refractivity contribution in [3.63, 3.8) is 0 Å². The van der Waals surface area contributed by atoms with Gasteiger partial charge in [-0.1, -0.05) is 0 Å². The summed E-state index contributed by atoms with van der Waals surface area (Å²) in [5.74, 6) is 0.296. The van der Waals surface area contributed by atoms with Crippen LogP contribution in [0.4, 0.5) is 14.6 Å². The lowest BCUT2D eigenvalue weighted by atomic mass is 9.96. The summed E-state index contributed by atoms with van der Waals surface area (Å²) >= 11 is 0. The fourth-order valence-electron chi connectivity index (χ4n) is 2.83. The van der Waals surface area contributed by atoms with E-state index < -0.39 is 11.6 Å². The van der Waals surface area contributed by atoms with E-state index in [1.807, 2.05) is 7.05 Å². The van der Waals surface area contributed by atoms with E-state index in [9.17, 15) is 8.78 Å². The lowest BCUT2D eigenvalue weighted by Gasteiger charge is -2.18. The molecule has 1 aliphatic carbocycles. The second-order valence-electron chi connectivity index (χ2n) is 5.33. The Morgan fingerprint density at radius 2 is 1.76 bits per heavy atom. The van der Waals surface area contributed by atoms with E-state index in [4.69, 9.17) is 0 Å². The van der Waals surface area contributed by atoms with Gasteiger partial charge in [-0.3, -0.25) is 0 Å².